The van der Waals surface area contributed by atoms with E-state index < -0.39 is 5.54 Å². The van der Waals surface area contributed by atoms with Crippen LogP contribution in [0.15, 0.2) is 66.9 Å². The highest BCUT2D eigenvalue weighted by atomic mass is 16.6. The summed E-state index contributed by atoms with van der Waals surface area (Å²) < 4.78 is 5.50. The van der Waals surface area contributed by atoms with Gasteiger partial charge in [-0.15, -0.1) is 0 Å². The lowest BCUT2D eigenvalue weighted by Crippen LogP contribution is -2.58. The van der Waals surface area contributed by atoms with Crippen LogP contribution in [-0.2, 0) is 16.1 Å². The van der Waals surface area contributed by atoms with Gasteiger partial charge in [0.15, 0.2) is 0 Å². The van der Waals surface area contributed by atoms with Crippen molar-refractivity contribution >= 4 is 17.8 Å². The molecule has 1 fully saturated rings. The van der Waals surface area contributed by atoms with Crippen LogP contribution in [0.2, 0.25) is 0 Å². The van der Waals surface area contributed by atoms with Gasteiger partial charge in [-0.05, 0) is 37.5 Å². The fraction of sp³-hybridized carbons (Fsp3) is 0.318. The highest BCUT2D eigenvalue weighted by Gasteiger charge is 2.48. The van der Waals surface area contributed by atoms with Gasteiger partial charge in [0.2, 0.25) is 0 Å². The standard InChI is InChI=1S/C22H23N3O3/c1-17-15-22(11-10-20(26)25(22)19-9-5-6-13-23-19)12-14-24(17)21(27)28-16-18-7-3-2-4-8-18/h2-11,13,17H,12,14-16H2,1H3/t17-,22+/m0/s1. The van der Waals surface area contributed by atoms with Crippen LogP contribution in [0.5, 0.6) is 0 Å². The van der Waals surface area contributed by atoms with Gasteiger partial charge in [-0.2, -0.15) is 0 Å². The zero-order valence-corrected chi connectivity index (χ0v) is 15.8. The molecule has 3 heterocycles. The molecule has 2 aliphatic rings. The zero-order valence-electron chi connectivity index (χ0n) is 15.8. The Hall–Kier alpha value is -3.15. The molecular formula is C22H23N3O3. The second kappa shape index (κ2) is 7.46. The highest BCUT2D eigenvalue weighted by Crippen LogP contribution is 2.39. The average molecular weight is 377 g/mol. The lowest BCUT2D eigenvalue weighted by Gasteiger charge is -2.46. The van der Waals surface area contributed by atoms with Gasteiger partial charge in [0, 0.05) is 24.9 Å². The van der Waals surface area contributed by atoms with Gasteiger partial charge in [-0.25, -0.2) is 9.78 Å². The maximum atomic E-state index is 12.6. The Balaban J connectivity index is 1.45. The van der Waals surface area contributed by atoms with E-state index in [-0.39, 0.29) is 24.6 Å². The number of pyridine rings is 1. The third-order valence-corrected chi connectivity index (χ3v) is 5.49. The lowest BCUT2D eigenvalue weighted by atomic mass is 9.83. The monoisotopic (exact) mass is 377 g/mol. The van der Waals surface area contributed by atoms with Crippen LogP contribution in [0.4, 0.5) is 10.6 Å². The molecule has 6 nitrogen and oxygen atoms in total. The fourth-order valence-corrected chi connectivity index (χ4v) is 4.11. The minimum Gasteiger partial charge on any atom is -0.445 e. The van der Waals surface area contributed by atoms with Crippen LogP contribution in [0.1, 0.15) is 25.3 Å². The Bertz CT molecular complexity index is 884. The van der Waals surface area contributed by atoms with E-state index in [1.165, 1.54) is 0 Å². The molecule has 2 aromatic rings. The molecule has 0 bridgehead atoms. The Morgan fingerprint density at radius 1 is 1.21 bits per heavy atom. The number of carbonyl (C=O) groups is 2. The van der Waals surface area contributed by atoms with Crippen LogP contribution in [0.3, 0.4) is 0 Å². The summed E-state index contributed by atoms with van der Waals surface area (Å²) in [5.41, 5.74) is 0.517. The van der Waals surface area contributed by atoms with Crippen molar-refractivity contribution in [2.45, 2.75) is 38.0 Å². The van der Waals surface area contributed by atoms with Crippen molar-refractivity contribution in [3.05, 3.63) is 72.4 Å². The molecule has 6 heteroatoms. The maximum Gasteiger partial charge on any atom is 0.410 e. The number of hydrogen-bond acceptors (Lipinski definition) is 4. The molecule has 0 unspecified atom stereocenters. The number of anilines is 1. The number of aromatic nitrogens is 1. The van der Waals surface area contributed by atoms with Crippen molar-refractivity contribution < 1.29 is 14.3 Å². The molecule has 0 saturated carbocycles. The summed E-state index contributed by atoms with van der Waals surface area (Å²) in [7, 11) is 0. The molecule has 144 valence electrons. The van der Waals surface area contributed by atoms with E-state index in [1.807, 2.05) is 61.5 Å². The van der Waals surface area contributed by atoms with Crippen molar-refractivity contribution in [2.75, 3.05) is 11.4 Å². The van der Waals surface area contributed by atoms with E-state index >= 15 is 0 Å². The van der Waals surface area contributed by atoms with Crippen LogP contribution in [0.25, 0.3) is 0 Å². The Morgan fingerprint density at radius 3 is 2.71 bits per heavy atom. The molecule has 2 amide bonds. The summed E-state index contributed by atoms with van der Waals surface area (Å²) in [6.07, 6.45) is 6.25. The summed E-state index contributed by atoms with van der Waals surface area (Å²) in [6.45, 7) is 2.78. The average Bonchev–Trinajstić information content (AvgIpc) is 3.03. The first kappa shape index (κ1) is 18.2. The van der Waals surface area contributed by atoms with E-state index in [1.54, 1.807) is 22.1 Å². The van der Waals surface area contributed by atoms with Gasteiger partial charge >= 0.3 is 6.09 Å². The van der Waals surface area contributed by atoms with Crippen LogP contribution < -0.4 is 4.90 Å². The summed E-state index contributed by atoms with van der Waals surface area (Å²) >= 11 is 0. The first-order chi connectivity index (χ1) is 13.6. The predicted octanol–water partition coefficient (Wildman–Crippen LogP) is 3.54. The van der Waals surface area contributed by atoms with Crippen LogP contribution >= 0.6 is 0 Å². The number of carbonyl (C=O) groups excluding carboxylic acids is 2. The van der Waals surface area contributed by atoms with Gasteiger partial charge in [-0.3, -0.25) is 9.69 Å². The maximum absolute atomic E-state index is 12.6. The van der Waals surface area contributed by atoms with Gasteiger partial charge in [0.05, 0.1) is 5.54 Å². The molecular weight excluding hydrogens is 354 g/mol. The van der Waals surface area contributed by atoms with E-state index in [2.05, 4.69) is 4.98 Å². The van der Waals surface area contributed by atoms with Crippen molar-refractivity contribution in [3.63, 3.8) is 0 Å². The molecule has 2 atom stereocenters. The third-order valence-electron chi connectivity index (χ3n) is 5.49. The Labute approximate surface area is 164 Å². The number of rotatable bonds is 3. The predicted molar refractivity (Wildman–Crippen MR) is 106 cm³/mol. The second-order valence-corrected chi connectivity index (χ2v) is 7.34. The van der Waals surface area contributed by atoms with Crippen molar-refractivity contribution in [1.82, 2.24) is 9.88 Å². The van der Waals surface area contributed by atoms with Gasteiger partial charge in [0.1, 0.15) is 12.4 Å². The molecule has 1 aromatic heterocycles. The Morgan fingerprint density at radius 2 is 2.00 bits per heavy atom. The SMILES string of the molecule is C[C@H]1C[C@@]2(C=CC(=O)N2c2ccccn2)CCN1C(=O)OCc1ccccc1. The number of amides is 2. The number of ether oxygens (including phenoxy) is 1. The second-order valence-electron chi connectivity index (χ2n) is 7.34. The van der Waals surface area contributed by atoms with Crippen molar-refractivity contribution in [3.8, 4) is 0 Å². The largest absolute Gasteiger partial charge is 0.445 e. The van der Waals surface area contributed by atoms with E-state index in [0.717, 1.165) is 5.56 Å². The number of likely N-dealkylation sites (tertiary alicyclic amines) is 1. The van der Waals surface area contributed by atoms with Gasteiger partial charge in [-0.1, -0.05) is 42.5 Å². The molecule has 1 aromatic carbocycles. The number of hydrogen-bond donors (Lipinski definition) is 0. The molecule has 4 rings (SSSR count). The highest BCUT2D eigenvalue weighted by molar-refractivity contribution is 6.05. The van der Waals surface area contributed by atoms with Gasteiger partial charge < -0.3 is 9.64 Å². The van der Waals surface area contributed by atoms with Crippen molar-refractivity contribution in [1.29, 1.82) is 0 Å². The topological polar surface area (TPSA) is 62.7 Å². The summed E-state index contributed by atoms with van der Waals surface area (Å²) in [5.74, 6) is 0.579. The molecule has 0 radical (unpaired) electrons. The smallest absolute Gasteiger partial charge is 0.410 e. The first-order valence-electron chi connectivity index (χ1n) is 9.51. The van der Waals surface area contributed by atoms with Crippen LogP contribution in [0, 0.1) is 0 Å². The third kappa shape index (κ3) is 3.38. The molecule has 0 aliphatic carbocycles. The molecule has 1 saturated heterocycles. The number of benzene rings is 1. The summed E-state index contributed by atoms with van der Waals surface area (Å²) in [6, 6.07) is 15.1. The molecule has 1 spiro atoms. The van der Waals surface area contributed by atoms with E-state index in [9.17, 15) is 9.59 Å². The first-order valence-corrected chi connectivity index (χ1v) is 9.51. The van der Waals surface area contributed by atoms with E-state index in [4.69, 9.17) is 4.74 Å². The molecule has 28 heavy (non-hydrogen) atoms. The van der Waals surface area contributed by atoms with Crippen molar-refractivity contribution in [2.24, 2.45) is 0 Å². The summed E-state index contributed by atoms with van der Waals surface area (Å²) in [4.78, 5) is 33.0. The Kier molecular flexibility index (Phi) is 4.86. The minimum atomic E-state index is -0.443. The van der Waals surface area contributed by atoms with E-state index in [0.29, 0.717) is 25.2 Å². The van der Waals surface area contributed by atoms with Crippen LogP contribution in [-0.4, -0.2) is 40.0 Å². The quantitative estimate of drug-likeness (QED) is 0.821. The number of piperidine rings is 1. The minimum absolute atomic E-state index is 0.0567. The van der Waals surface area contributed by atoms with Gasteiger partial charge in [0.25, 0.3) is 5.91 Å². The number of nitrogens with zero attached hydrogens (tertiary/aromatic N) is 3. The molecule has 0 N–H and O–H groups in total. The zero-order chi connectivity index (χ0) is 19.6. The normalized spacial score (nSPS) is 24.0. The molecule has 2 aliphatic heterocycles. The lowest BCUT2D eigenvalue weighted by molar-refractivity contribution is -0.114. The fourth-order valence-electron chi connectivity index (χ4n) is 4.11. The summed E-state index contributed by atoms with van der Waals surface area (Å²) in [5, 5.41) is 0.